The highest BCUT2D eigenvalue weighted by atomic mass is 32.2. The van der Waals surface area contributed by atoms with E-state index in [1.54, 1.807) is 6.92 Å². The highest BCUT2D eigenvalue weighted by Crippen LogP contribution is 2.25. The van der Waals surface area contributed by atoms with Crippen molar-refractivity contribution in [2.24, 2.45) is 0 Å². The van der Waals surface area contributed by atoms with Crippen molar-refractivity contribution in [2.75, 3.05) is 23.8 Å². The van der Waals surface area contributed by atoms with Gasteiger partial charge >= 0.3 is 0 Å². The predicted molar refractivity (Wildman–Crippen MR) is 70.7 cm³/mol. The molecule has 0 aromatic carbocycles. The minimum Gasteiger partial charge on any atom is -0.398 e. The molecule has 2 rings (SSSR count). The van der Waals surface area contributed by atoms with Gasteiger partial charge in [0.1, 0.15) is 4.90 Å². The summed E-state index contributed by atoms with van der Waals surface area (Å²) < 4.78 is 49.0. The van der Waals surface area contributed by atoms with Crippen LogP contribution in [-0.2, 0) is 19.9 Å². The van der Waals surface area contributed by atoms with Gasteiger partial charge in [-0.15, -0.1) is 0 Å². The largest absolute Gasteiger partial charge is 0.398 e. The molecule has 2 N–H and O–H groups in total. The van der Waals surface area contributed by atoms with E-state index in [1.807, 2.05) is 0 Å². The summed E-state index contributed by atoms with van der Waals surface area (Å²) >= 11 is 0. The van der Waals surface area contributed by atoms with Crippen LogP contribution in [-0.4, -0.2) is 50.2 Å². The van der Waals surface area contributed by atoms with Crippen LogP contribution in [0.2, 0.25) is 0 Å². The van der Waals surface area contributed by atoms with Crippen LogP contribution in [0.25, 0.3) is 0 Å². The van der Waals surface area contributed by atoms with E-state index in [0.717, 1.165) is 0 Å². The van der Waals surface area contributed by atoms with Gasteiger partial charge in [0, 0.05) is 25.0 Å². The van der Waals surface area contributed by atoms with Gasteiger partial charge in [0.25, 0.3) is 0 Å². The number of hydrogen-bond donors (Lipinski definition) is 1. The molecule has 19 heavy (non-hydrogen) atoms. The fraction of sp³-hybridized carbons (Fsp3) is 0.500. The molecule has 1 fully saturated rings. The lowest BCUT2D eigenvalue weighted by Gasteiger charge is -2.32. The molecule has 0 spiro atoms. The van der Waals surface area contributed by atoms with Crippen LogP contribution in [0.15, 0.2) is 23.4 Å². The van der Waals surface area contributed by atoms with Crippen LogP contribution in [0, 0.1) is 0 Å². The number of hydrogen-bond acceptors (Lipinski definition) is 6. The van der Waals surface area contributed by atoms with Gasteiger partial charge in [0.2, 0.25) is 10.0 Å². The zero-order chi connectivity index (χ0) is 14.3. The molecule has 2 heterocycles. The zero-order valence-corrected chi connectivity index (χ0v) is 12.0. The molecule has 1 atom stereocenters. The molecule has 1 aromatic heterocycles. The number of sulfone groups is 1. The van der Waals surface area contributed by atoms with Crippen LogP contribution in [0.5, 0.6) is 0 Å². The SMILES string of the molecule is CC1CS(=O)(=O)CCN1S(=O)(=O)c1cnccc1N. The minimum atomic E-state index is -3.81. The third-order valence-corrected chi connectivity index (χ3v) is 6.86. The molecular weight excluding hydrogens is 290 g/mol. The van der Waals surface area contributed by atoms with Crippen molar-refractivity contribution in [1.82, 2.24) is 9.29 Å². The second-order valence-corrected chi connectivity index (χ2v) is 8.58. The van der Waals surface area contributed by atoms with E-state index < -0.39 is 25.9 Å². The summed E-state index contributed by atoms with van der Waals surface area (Å²) in [5.41, 5.74) is 5.76. The van der Waals surface area contributed by atoms with E-state index in [4.69, 9.17) is 5.73 Å². The van der Waals surface area contributed by atoms with Crippen molar-refractivity contribution in [3.63, 3.8) is 0 Å². The summed E-state index contributed by atoms with van der Waals surface area (Å²) in [4.78, 5) is 3.67. The fourth-order valence-electron chi connectivity index (χ4n) is 2.07. The Morgan fingerprint density at radius 1 is 1.47 bits per heavy atom. The highest BCUT2D eigenvalue weighted by molar-refractivity contribution is 7.92. The Kier molecular flexibility index (Phi) is 3.54. The molecule has 1 aromatic rings. The van der Waals surface area contributed by atoms with Crippen LogP contribution in [0.1, 0.15) is 6.92 Å². The number of anilines is 1. The molecule has 1 saturated heterocycles. The Bertz CT molecular complexity index is 684. The average molecular weight is 305 g/mol. The van der Waals surface area contributed by atoms with Gasteiger partial charge in [0.15, 0.2) is 9.84 Å². The van der Waals surface area contributed by atoms with Crippen LogP contribution < -0.4 is 5.73 Å². The van der Waals surface area contributed by atoms with E-state index in [0.29, 0.717) is 0 Å². The van der Waals surface area contributed by atoms with Crippen molar-refractivity contribution >= 4 is 25.5 Å². The quantitative estimate of drug-likeness (QED) is 0.786. The first-order chi connectivity index (χ1) is 8.74. The molecule has 1 aliphatic rings. The third-order valence-electron chi connectivity index (χ3n) is 3.01. The number of nitrogen functional groups attached to an aromatic ring is 1. The van der Waals surface area contributed by atoms with E-state index in [1.165, 1.54) is 22.8 Å². The molecule has 0 aliphatic carbocycles. The van der Waals surface area contributed by atoms with Crippen LogP contribution in [0.4, 0.5) is 5.69 Å². The Balaban J connectivity index is 2.39. The summed E-state index contributed by atoms with van der Waals surface area (Å²) in [5, 5.41) is 0. The van der Waals surface area contributed by atoms with Crippen molar-refractivity contribution in [3.05, 3.63) is 18.5 Å². The first-order valence-electron chi connectivity index (χ1n) is 5.66. The first-order valence-corrected chi connectivity index (χ1v) is 8.92. The monoisotopic (exact) mass is 305 g/mol. The summed E-state index contributed by atoms with van der Waals surface area (Å²) in [7, 11) is -6.98. The van der Waals surface area contributed by atoms with Gasteiger partial charge < -0.3 is 5.73 Å². The number of pyridine rings is 1. The number of nitrogens with two attached hydrogens (primary N) is 1. The summed E-state index contributed by atoms with van der Waals surface area (Å²) in [6.45, 7) is 1.51. The number of nitrogens with zero attached hydrogens (tertiary/aromatic N) is 2. The third kappa shape index (κ3) is 2.72. The molecule has 0 bridgehead atoms. The number of rotatable bonds is 2. The molecular formula is C10H15N3O4S2. The average Bonchev–Trinajstić information content (AvgIpc) is 2.27. The maximum atomic E-state index is 12.4. The second kappa shape index (κ2) is 4.73. The molecule has 7 nitrogen and oxygen atoms in total. The minimum absolute atomic E-state index is 0.0554. The number of aromatic nitrogens is 1. The van der Waals surface area contributed by atoms with Crippen molar-refractivity contribution in [2.45, 2.75) is 17.9 Å². The topological polar surface area (TPSA) is 110 Å². The maximum Gasteiger partial charge on any atom is 0.246 e. The van der Waals surface area contributed by atoms with E-state index >= 15 is 0 Å². The Hall–Kier alpha value is -1.19. The second-order valence-electron chi connectivity index (χ2n) is 4.49. The van der Waals surface area contributed by atoms with Gasteiger partial charge in [-0.25, -0.2) is 16.8 Å². The van der Waals surface area contributed by atoms with Gasteiger partial charge in [-0.05, 0) is 13.0 Å². The Labute approximate surface area is 112 Å². The summed E-state index contributed by atoms with van der Waals surface area (Å²) in [5.74, 6) is -0.344. The molecule has 9 heteroatoms. The highest BCUT2D eigenvalue weighted by Gasteiger charge is 2.37. The van der Waals surface area contributed by atoms with Gasteiger partial charge in [0.05, 0.1) is 17.2 Å². The van der Waals surface area contributed by atoms with Gasteiger partial charge in [-0.1, -0.05) is 0 Å². The maximum absolute atomic E-state index is 12.4. The van der Waals surface area contributed by atoms with Crippen molar-refractivity contribution in [1.29, 1.82) is 0 Å². The van der Waals surface area contributed by atoms with Gasteiger partial charge in [-0.2, -0.15) is 4.31 Å². The lowest BCUT2D eigenvalue weighted by Crippen LogP contribution is -2.49. The fourth-order valence-corrected chi connectivity index (χ4v) is 5.53. The molecule has 0 saturated carbocycles. The lowest BCUT2D eigenvalue weighted by molar-refractivity contribution is 0.357. The molecule has 0 amide bonds. The molecule has 1 unspecified atom stereocenters. The van der Waals surface area contributed by atoms with Crippen LogP contribution >= 0.6 is 0 Å². The van der Waals surface area contributed by atoms with E-state index in [2.05, 4.69) is 4.98 Å². The zero-order valence-electron chi connectivity index (χ0n) is 10.4. The Morgan fingerprint density at radius 3 is 2.74 bits per heavy atom. The Morgan fingerprint density at radius 2 is 2.16 bits per heavy atom. The molecule has 1 aliphatic heterocycles. The first kappa shape index (κ1) is 14.2. The van der Waals surface area contributed by atoms with Gasteiger partial charge in [-0.3, -0.25) is 4.98 Å². The summed E-state index contributed by atoms with van der Waals surface area (Å²) in [6.07, 6.45) is 2.58. The standard InChI is InChI=1S/C10H15N3O4S2/c1-8-7-18(14,15)5-4-13(8)19(16,17)10-6-12-3-2-9(10)11/h2-3,6,8H,4-5,7H2,1H3,(H2,11,12). The van der Waals surface area contributed by atoms with Crippen LogP contribution in [0.3, 0.4) is 0 Å². The van der Waals surface area contributed by atoms with E-state index in [9.17, 15) is 16.8 Å². The molecule has 106 valence electrons. The smallest absolute Gasteiger partial charge is 0.246 e. The predicted octanol–water partition coefficient (Wildman–Crippen LogP) is -0.529. The van der Waals surface area contributed by atoms with Crippen molar-refractivity contribution in [3.8, 4) is 0 Å². The van der Waals surface area contributed by atoms with E-state index in [-0.39, 0.29) is 28.6 Å². The summed E-state index contributed by atoms with van der Waals surface area (Å²) in [6, 6.07) is 0.793. The normalized spacial score (nSPS) is 24.2. The number of sulfonamides is 1. The lowest BCUT2D eigenvalue weighted by atomic mass is 10.4. The van der Waals surface area contributed by atoms with Crippen molar-refractivity contribution < 1.29 is 16.8 Å². The molecule has 0 radical (unpaired) electrons.